The van der Waals surface area contributed by atoms with Gasteiger partial charge in [0.1, 0.15) is 0 Å². The van der Waals surface area contributed by atoms with Crippen LogP contribution in [0.1, 0.15) is 12.8 Å². The smallest absolute Gasteiger partial charge is 0.230 e. The van der Waals surface area contributed by atoms with E-state index in [4.69, 9.17) is 0 Å². The van der Waals surface area contributed by atoms with E-state index in [1.807, 2.05) is 0 Å². The van der Waals surface area contributed by atoms with E-state index in [0.29, 0.717) is 0 Å². The number of hydrogen-bond acceptors (Lipinski definition) is 0. The molecule has 2 aliphatic carbocycles. The summed E-state index contributed by atoms with van der Waals surface area (Å²) >= 11 is 0. The molecule has 0 unspecified atom stereocenters. The largest absolute Gasteiger partial charge is 0.244 e. The Kier molecular flexibility index (Phi) is 6.39. The van der Waals surface area contributed by atoms with E-state index in [0.717, 1.165) is 39.0 Å². The van der Waals surface area contributed by atoms with Crippen molar-refractivity contribution >= 4 is 22.1 Å². The molecule has 2 aromatic carbocycles. The monoisotopic (exact) mass is 446 g/mol. The summed E-state index contributed by atoms with van der Waals surface area (Å²) in [7, 11) is 0. The van der Waals surface area contributed by atoms with Crippen molar-refractivity contribution in [2.75, 3.05) is 0 Å². The van der Waals surface area contributed by atoms with Gasteiger partial charge >= 0.3 is 0 Å². The molecule has 6 rings (SSSR count). The second kappa shape index (κ2) is 9.93. The van der Waals surface area contributed by atoms with E-state index >= 15 is 0 Å². The Hall–Kier alpha value is -2.62. The molecule has 2 aliphatic rings. The van der Waals surface area contributed by atoms with Gasteiger partial charge in [-0.05, 0) is 88.5 Å². The summed E-state index contributed by atoms with van der Waals surface area (Å²) in [4.78, 5) is 0. The van der Waals surface area contributed by atoms with Crippen molar-refractivity contribution in [1.82, 2.24) is 9.13 Å². The van der Waals surface area contributed by atoms with Crippen LogP contribution in [0, 0.1) is 63.2 Å². The van der Waals surface area contributed by atoms with Gasteiger partial charge in [0.15, 0.2) is 22.1 Å². The molecule has 0 spiro atoms. The molecule has 168 valence electrons. The Morgan fingerprint density at radius 3 is 1.38 bits per heavy atom. The molecule has 34 heavy (non-hydrogen) atoms. The summed E-state index contributed by atoms with van der Waals surface area (Å²) in [5, 5.41) is 0. The molecular formula is C30H30N4+2. The second-order valence-corrected chi connectivity index (χ2v) is 9.14. The van der Waals surface area contributed by atoms with Crippen LogP contribution in [0.3, 0.4) is 0 Å². The van der Waals surface area contributed by atoms with Crippen LogP contribution >= 0.6 is 0 Å². The van der Waals surface area contributed by atoms with Gasteiger partial charge < -0.3 is 0 Å². The van der Waals surface area contributed by atoms with E-state index < -0.39 is 0 Å². The third kappa shape index (κ3) is 4.52. The SMILES string of the molecule is [CH]1[CH][CH][C](C[n+]2cn(CCCCn3c[n+](C[C]4[CH][CH][CH][CH]4)c4ccccc43)c3ccccc32)[CH]1. The second-order valence-electron chi connectivity index (χ2n) is 9.14. The Morgan fingerprint density at radius 1 is 0.529 bits per heavy atom. The summed E-state index contributed by atoms with van der Waals surface area (Å²) in [6.45, 7) is 3.89. The minimum Gasteiger partial charge on any atom is -0.230 e. The number of aryl methyl sites for hydroxylation is 2. The van der Waals surface area contributed by atoms with Crippen molar-refractivity contribution < 1.29 is 9.13 Å². The molecule has 2 fully saturated rings. The van der Waals surface area contributed by atoms with Crippen LogP contribution in [-0.4, -0.2) is 9.13 Å². The topological polar surface area (TPSA) is 17.6 Å². The lowest BCUT2D eigenvalue weighted by molar-refractivity contribution is -0.667. The highest BCUT2D eigenvalue weighted by atomic mass is 15.1. The van der Waals surface area contributed by atoms with E-state index in [-0.39, 0.29) is 0 Å². The van der Waals surface area contributed by atoms with Gasteiger partial charge in [-0.1, -0.05) is 24.3 Å². The quantitative estimate of drug-likeness (QED) is 0.267. The number of benzene rings is 2. The maximum atomic E-state index is 2.42. The molecule has 2 heterocycles. The van der Waals surface area contributed by atoms with Gasteiger partial charge in [0.25, 0.3) is 0 Å². The molecule has 0 aliphatic heterocycles. The maximum absolute atomic E-state index is 2.42. The zero-order valence-electron chi connectivity index (χ0n) is 19.4. The molecule has 10 radical (unpaired) electrons. The number of fused-ring (bicyclic) bond motifs is 2. The molecule has 0 saturated heterocycles. The Morgan fingerprint density at radius 2 is 0.941 bits per heavy atom. The number of rotatable bonds is 9. The predicted octanol–water partition coefficient (Wildman–Crippen LogP) is 4.46. The lowest BCUT2D eigenvalue weighted by Crippen LogP contribution is -2.35. The fraction of sp³-hybridized carbons (Fsp3) is 0.200. The zero-order valence-corrected chi connectivity index (χ0v) is 19.4. The van der Waals surface area contributed by atoms with Crippen LogP contribution in [-0.2, 0) is 26.2 Å². The molecule has 4 nitrogen and oxygen atoms in total. The van der Waals surface area contributed by atoms with Crippen molar-refractivity contribution in [2.45, 2.75) is 39.0 Å². The molecule has 2 saturated carbocycles. The molecular weight excluding hydrogens is 416 g/mol. The highest BCUT2D eigenvalue weighted by Gasteiger charge is 2.24. The van der Waals surface area contributed by atoms with Gasteiger partial charge in [-0.2, -0.15) is 0 Å². The fourth-order valence-electron chi connectivity index (χ4n) is 5.09. The lowest BCUT2D eigenvalue weighted by atomic mass is 10.1. The van der Waals surface area contributed by atoms with Crippen LogP contribution in [0.5, 0.6) is 0 Å². The number of unbranched alkanes of at least 4 members (excludes halogenated alkanes) is 1. The molecule has 0 atom stereocenters. The van der Waals surface area contributed by atoms with Gasteiger partial charge in [0.05, 0.1) is 26.2 Å². The van der Waals surface area contributed by atoms with Crippen molar-refractivity contribution in [1.29, 1.82) is 0 Å². The average Bonchev–Trinajstić information content (AvgIpc) is 3.67. The maximum Gasteiger partial charge on any atom is 0.244 e. The Labute approximate surface area is 203 Å². The Bertz CT molecular complexity index is 1140. The van der Waals surface area contributed by atoms with Crippen LogP contribution in [0.2, 0.25) is 0 Å². The number of para-hydroxylation sites is 4. The molecule has 4 heteroatoms. The number of hydrogen-bond donors (Lipinski definition) is 0. The third-order valence-electron chi connectivity index (χ3n) is 6.78. The first-order valence-electron chi connectivity index (χ1n) is 12.2. The first-order chi connectivity index (χ1) is 16.8. The first kappa shape index (κ1) is 21.9. The van der Waals surface area contributed by atoms with Crippen LogP contribution in [0.4, 0.5) is 0 Å². The summed E-state index contributed by atoms with van der Waals surface area (Å²) in [5.74, 6) is 2.70. The third-order valence-corrected chi connectivity index (χ3v) is 6.78. The number of imidazole rings is 2. The number of aromatic nitrogens is 4. The zero-order chi connectivity index (χ0) is 22.7. The van der Waals surface area contributed by atoms with E-state index in [1.54, 1.807) is 0 Å². The van der Waals surface area contributed by atoms with E-state index in [9.17, 15) is 0 Å². The van der Waals surface area contributed by atoms with Gasteiger partial charge in [-0.15, -0.1) is 0 Å². The predicted molar refractivity (Wildman–Crippen MR) is 134 cm³/mol. The fourth-order valence-corrected chi connectivity index (χ4v) is 5.09. The first-order valence-corrected chi connectivity index (χ1v) is 12.2. The summed E-state index contributed by atoms with van der Waals surface area (Å²) in [6, 6.07) is 17.5. The standard InChI is InChI=1S/C30H30N4/c1-2-12-25(11-1)21-33-23-31(27-15-5-7-17-29(27)33)19-9-10-20-32-24-34(22-26-13-3-4-14-26)30-18-8-6-16-28(30)32/h1-8,11-18,23-24H,9-10,19-22H2/q+2. The highest BCUT2D eigenvalue weighted by molar-refractivity contribution is 5.72. The summed E-state index contributed by atoms with van der Waals surface area (Å²) < 4.78 is 9.58. The minimum atomic E-state index is 0.916. The minimum absolute atomic E-state index is 0.916. The normalized spacial score (nSPS) is 17.5. The van der Waals surface area contributed by atoms with Crippen molar-refractivity contribution in [3.05, 3.63) is 124 Å². The summed E-state index contributed by atoms with van der Waals surface area (Å²) in [5.41, 5.74) is 5.23. The molecule has 4 aromatic rings. The van der Waals surface area contributed by atoms with Gasteiger partial charge in [-0.3, -0.25) is 0 Å². The van der Waals surface area contributed by atoms with Crippen LogP contribution < -0.4 is 9.13 Å². The average molecular weight is 447 g/mol. The van der Waals surface area contributed by atoms with Gasteiger partial charge in [0, 0.05) is 11.8 Å². The molecule has 0 bridgehead atoms. The van der Waals surface area contributed by atoms with Gasteiger partial charge in [0.2, 0.25) is 12.7 Å². The molecule has 2 aromatic heterocycles. The van der Waals surface area contributed by atoms with Crippen LogP contribution in [0.25, 0.3) is 22.1 Å². The van der Waals surface area contributed by atoms with Crippen molar-refractivity contribution in [3.8, 4) is 0 Å². The van der Waals surface area contributed by atoms with Crippen molar-refractivity contribution in [3.63, 3.8) is 0 Å². The van der Waals surface area contributed by atoms with Crippen molar-refractivity contribution in [2.24, 2.45) is 0 Å². The van der Waals surface area contributed by atoms with Crippen LogP contribution in [0.15, 0.2) is 61.2 Å². The number of nitrogens with zero attached hydrogens (tertiary/aromatic N) is 4. The Balaban J connectivity index is 1.12. The van der Waals surface area contributed by atoms with Gasteiger partial charge in [-0.25, -0.2) is 18.3 Å². The van der Waals surface area contributed by atoms with E-state index in [1.165, 1.54) is 33.9 Å². The molecule has 0 amide bonds. The lowest BCUT2D eigenvalue weighted by Gasteiger charge is -2.04. The molecule has 0 N–H and O–H groups in total. The summed E-state index contributed by atoms with van der Waals surface area (Å²) in [6.07, 6.45) is 24.1. The highest BCUT2D eigenvalue weighted by Crippen LogP contribution is 2.25. The van der Waals surface area contributed by atoms with E-state index in [2.05, 4.69) is 131 Å².